The Kier molecular flexibility index (Phi) is 5.15. The van der Waals surface area contributed by atoms with Gasteiger partial charge >= 0.3 is 0 Å². The number of aldehydes is 1. The van der Waals surface area contributed by atoms with Gasteiger partial charge in [-0.3, -0.25) is 4.79 Å². The number of hydrogen-bond acceptors (Lipinski definition) is 2. The van der Waals surface area contributed by atoms with Gasteiger partial charge < -0.3 is 4.90 Å². The molecule has 0 spiro atoms. The molecular formula is C17H25NO. The van der Waals surface area contributed by atoms with Gasteiger partial charge in [0.25, 0.3) is 0 Å². The number of nitrogens with zero attached hydrogens (tertiary/aromatic N) is 1. The van der Waals surface area contributed by atoms with Crippen LogP contribution in [-0.4, -0.2) is 30.8 Å². The van der Waals surface area contributed by atoms with Crippen LogP contribution in [0.5, 0.6) is 0 Å². The molecule has 1 heterocycles. The predicted molar refractivity (Wildman–Crippen MR) is 80.1 cm³/mol. The van der Waals surface area contributed by atoms with Crippen LogP contribution >= 0.6 is 0 Å². The highest BCUT2D eigenvalue weighted by Gasteiger charge is 2.25. The summed E-state index contributed by atoms with van der Waals surface area (Å²) in [4.78, 5) is 13.2. The molecule has 0 N–H and O–H groups in total. The fourth-order valence-corrected chi connectivity index (χ4v) is 2.72. The van der Waals surface area contributed by atoms with E-state index in [1.54, 1.807) is 5.57 Å². The van der Waals surface area contributed by atoms with Crippen molar-refractivity contribution in [3.05, 3.63) is 35.5 Å². The first-order valence-electron chi connectivity index (χ1n) is 7.48. The first kappa shape index (κ1) is 14.3. The van der Waals surface area contributed by atoms with E-state index in [4.69, 9.17) is 0 Å². The third kappa shape index (κ3) is 4.46. The minimum atomic E-state index is 0.557. The summed E-state index contributed by atoms with van der Waals surface area (Å²) in [6, 6.07) is 0. The second kappa shape index (κ2) is 6.85. The third-order valence-electron chi connectivity index (χ3n) is 4.17. The van der Waals surface area contributed by atoms with Crippen LogP contribution in [0.25, 0.3) is 0 Å². The van der Waals surface area contributed by atoms with Gasteiger partial charge in [-0.25, -0.2) is 0 Å². The lowest BCUT2D eigenvalue weighted by Gasteiger charge is -2.19. The van der Waals surface area contributed by atoms with Crippen molar-refractivity contribution in [1.29, 1.82) is 0 Å². The molecular weight excluding hydrogens is 234 g/mol. The standard InChI is InChI=1S/C17H25NO/c1-3-16-8-10-18(12-15-5-6-15)11-9-17(16)7-4-14(2)13-19/h4,7,13,15H,2-3,5-6,8-12H2,1H3/b7-4-. The molecule has 19 heavy (non-hydrogen) atoms. The molecule has 1 saturated carbocycles. The van der Waals surface area contributed by atoms with Crippen LogP contribution in [0.3, 0.4) is 0 Å². The van der Waals surface area contributed by atoms with Crippen LogP contribution in [0.2, 0.25) is 0 Å². The van der Waals surface area contributed by atoms with E-state index in [0.29, 0.717) is 5.57 Å². The van der Waals surface area contributed by atoms with Gasteiger partial charge in [0, 0.05) is 25.2 Å². The summed E-state index contributed by atoms with van der Waals surface area (Å²) in [6.45, 7) is 9.58. The topological polar surface area (TPSA) is 20.3 Å². The lowest BCUT2D eigenvalue weighted by atomic mass is 10.0. The van der Waals surface area contributed by atoms with Crippen molar-refractivity contribution >= 4 is 6.29 Å². The van der Waals surface area contributed by atoms with Crippen molar-refractivity contribution in [2.45, 2.75) is 39.0 Å². The van der Waals surface area contributed by atoms with Crippen LogP contribution in [-0.2, 0) is 4.79 Å². The fourth-order valence-electron chi connectivity index (χ4n) is 2.72. The quantitative estimate of drug-likeness (QED) is 0.413. The molecule has 1 aliphatic heterocycles. The van der Waals surface area contributed by atoms with Crippen LogP contribution in [0.15, 0.2) is 35.5 Å². The number of carbonyl (C=O) groups excluding carboxylic acids is 1. The Morgan fingerprint density at radius 2 is 2.11 bits per heavy atom. The van der Waals surface area contributed by atoms with Gasteiger partial charge in [0.1, 0.15) is 6.29 Å². The Morgan fingerprint density at radius 1 is 1.37 bits per heavy atom. The Balaban J connectivity index is 1.97. The van der Waals surface area contributed by atoms with Crippen LogP contribution in [0.1, 0.15) is 39.0 Å². The van der Waals surface area contributed by atoms with E-state index in [1.807, 2.05) is 6.08 Å². The molecule has 2 aliphatic rings. The summed E-state index contributed by atoms with van der Waals surface area (Å²) in [5.41, 5.74) is 3.53. The lowest BCUT2D eigenvalue weighted by Crippen LogP contribution is -2.27. The summed E-state index contributed by atoms with van der Waals surface area (Å²) in [5, 5.41) is 0. The Bertz CT molecular complexity index is 401. The van der Waals surface area contributed by atoms with Crippen LogP contribution < -0.4 is 0 Å². The number of allylic oxidation sites excluding steroid dienone is 3. The van der Waals surface area contributed by atoms with Gasteiger partial charge in [-0.2, -0.15) is 0 Å². The molecule has 0 atom stereocenters. The van der Waals surface area contributed by atoms with E-state index < -0.39 is 0 Å². The molecule has 2 rings (SSSR count). The van der Waals surface area contributed by atoms with E-state index in [0.717, 1.165) is 31.6 Å². The highest BCUT2D eigenvalue weighted by atomic mass is 16.1. The zero-order valence-electron chi connectivity index (χ0n) is 12.0. The van der Waals surface area contributed by atoms with Gasteiger partial charge in [-0.15, -0.1) is 0 Å². The maximum Gasteiger partial charge on any atom is 0.149 e. The largest absolute Gasteiger partial charge is 0.302 e. The Morgan fingerprint density at radius 3 is 2.74 bits per heavy atom. The van der Waals surface area contributed by atoms with Gasteiger partial charge in [0.15, 0.2) is 0 Å². The van der Waals surface area contributed by atoms with E-state index in [9.17, 15) is 4.79 Å². The second-order valence-corrected chi connectivity index (χ2v) is 5.75. The van der Waals surface area contributed by atoms with Crippen molar-refractivity contribution in [3.8, 4) is 0 Å². The molecule has 0 amide bonds. The maximum atomic E-state index is 10.6. The smallest absolute Gasteiger partial charge is 0.149 e. The van der Waals surface area contributed by atoms with Crippen molar-refractivity contribution in [3.63, 3.8) is 0 Å². The lowest BCUT2D eigenvalue weighted by molar-refractivity contribution is -0.104. The highest BCUT2D eigenvalue weighted by molar-refractivity contribution is 5.76. The van der Waals surface area contributed by atoms with Gasteiger partial charge in [0.05, 0.1) is 0 Å². The normalized spacial score (nSPS) is 21.7. The van der Waals surface area contributed by atoms with Crippen LogP contribution in [0.4, 0.5) is 0 Å². The Hall–Kier alpha value is -1.15. The van der Waals surface area contributed by atoms with Crippen molar-refractivity contribution < 1.29 is 4.79 Å². The second-order valence-electron chi connectivity index (χ2n) is 5.75. The Labute approximate surface area is 116 Å². The first-order valence-corrected chi connectivity index (χ1v) is 7.48. The first-order chi connectivity index (χ1) is 9.22. The van der Waals surface area contributed by atoms with Gasteiger partial charge in [-0.1, -0.05) is 31.2 Å². The number of hydrogen-bond donors (Lipinski definition) is 0. The summed E-state index contributed by atoms with van der Waals surface area (Å²) in [5.74, 6) is 0.969. The SMILES string of the molecule is C=C(C=O)/C=C\C1=C(CC)CCN(CC2CC2)CC1. The number of rotatable bonds is 6. The molecule has 0 bridgehead atoms. The van der Waals surface area contributed by atoms with E-state index in [2.05, 4.69) is 24.5 Å². The minimum Gasteiger partial charge on any atom is -0.302 e. The number of carbonyl (C=O) groups is 1. The van der Waals surface area contributed by atoms with Crippen molar-refractivity contribution in [2.24, 2.45) is 5.92 Å². The van der Waals surface area contributed by atoms with E-state index in [-0.39, 0.29) is 0 Å². The molecule has 2 nitrogen and oxygen atoms in total. The summed E-state index contributed by atoms with van der Waals surface area (Å²) < 4.78 is 0. The summed E-state index contributed by atoms with van der Waals surface area (Å²) >= 11 is 0. The predicted octanol–water partition coefficient (Wildman–Crippen LogP) is 3.51. The zero-order chi connectivity index (χ0) is 13.7. The molecule has 0 saturated heterocycles. The van der Waals surface area contributed by atoms with Crippen molar-refractivity contribution in [1.82, 2.24) is 4.90 Å². The average molecular weight is 259 g/mol. The molecule has 1 fully saturated rings. The fraction of sp³-hybridized carbons (Fsp3) is 0.588. The zero-order valence-corrected chi connectivity index (χ0v) is 12.0. The van der Waals surface area contributed by atoms with E-state index >= 15 is 0 Å². The molecule has 0 radical (unpaired) electrons. The maximum absolute atomic E-state index is 10.6. The van der Waals surface area contributed by atoms with Gasteiger partial charge in [-0.05, 0) is 43.6 Å². The molecule has 0 aromatic carbocycles. The molecule has 0 aromatic heterocycles. The molecule has 2 heteroatoms. The third-order valence-corrected chi connectivity index (χ3v) is 4.17. The molecule has 0 unspecified atom stereocenters. The average Bonchev–Trinajstić information content (AvgIpc) is 3.24. The van der Waals surface area contributed by atoms with Crippen molar-refractivity contribution in [2.75, 3.05) is 19.6 Å². The van der Waals surface area contributed by atoms with E-state index in [1.165, 1.54) is 37.9 Å². The minimum absolute atomic E-state index is 0.557. The van der Waals surface area contributed by atoms with Crippen LogP contribution in [0, 0.1) is 5.92 Å². The molecule has 1 aliphatic carbocycles. The highest BCUT2D eigenvalue weighted by Crippen LogP contribution is 2.31. The monoisotopic (exact) mass is 259 g/mol. The summed E-state index contributed by atoms with van der Waals surface area (Å²) in [7, 11) is 0. The molecule has 0 aromatic rings. The molecule has 104 valence electrons. The van der Waals surface area contributed by atoms with Gasteiger partial charge in [0.2, 0.25) is 0 Å². The summed E-state index contributed by atoms with van der Waals surface area (Å²) in [6.07, 6.45) is 11.0.